The second-order valence-electron chi connectivity index (χ2n) is 8.82. The minimum atomic E-state index is -0.253. The number of hydrogen-bond acceptors (Lipinski definition) is 2. The number of halogens is 1. The van der Waals surface area contributed by atoms with Crippen LogP contribution in [0.3, 0.4) is 0 Å². The quantitative estimate of drug-likeness (QED) is 0.588. The van der Waals surface area contributed by atoms with Crippen molar-refractivity contribution < 1.29 is 9.53 Å². The van der Waals surface area contributed by atoms with Gasteiger partial charge in [-0.3, -0.25) is 4.79 Å². The summed E-state index contributed by atoms with van der Waals surface area (Å²) < 4.78 is 5.96. The summed E-state index contributed by atoms with van der Waals surface area (Å²) in [4.78, 5) is 12.9. The standard InChI is InChI=1S/C25H30ClNO2/c1-16-13-19(14-17(2)23(16)26)29-12-8-11-21-20-10-7-6-9-18(20)15-22(21)24(28)27-25(3,4)5/h6-7,9-10,13-14H,8,11-12,15H2,1-5H3,(H,27,28). The molecule has 0 spiro atoms. The number of aryl methyl sites for hydroxylation is 2. The minimum Gasteiger partial charge on any atom is -0.494 e. The van der Waals surface area contributed by atoms with Crippen molar-refractivity contribution in [2.45, 2.75) is 59.4 Å². The lowest BCUT2D eigenvalue weighted by Crippen LogP contribution is -2.41. The Balaban J connectivity index is 1.70. The van der Waals surface area contributed by atoms with E-state index in [4.69, 9.17) is 16.3 Å². The maximum absolute atomic E-state index is 12.9. The molecular formula is C25H30ClNO2. The summed E-state index contributed by atoms with van der Waals surface area (Å²) >= 11 is 6.24. The molecule has 4 heteroatoms. The number of amides is 1. The third-order valence-electron chi connectivity index (χ3n) is 5.09. The number of rotatable bonds is 6. The summed E-state index contributed by atoms with van der Waals surface area (Å²) in [6.07, 6.45) is 2.36. The molecule has 0 heterocycles. The van der Waals surface area contributed by atoms with Crippen LogP contribution in [0.15, 0.2) is 42.0 Å². The van der Waals surface area contributed by atoms with Crippen LogP contribution in [0.1, 0.15) is 55.9 Å². The third kappa shape index (κ3) is 5.22. The summed E-state index contributed by atoms with van der Waals surface area (Å²) in [5.74, 6) is 0.879. The normalized spacial score (nSPS) is 13.4. The Hall–Kier alpha value is -2.26. The molecule has 0 atom stereocenters. The first-order valence-corrected chi connectivity index (χ1v) is 10.6. The van der Waals surface area contributed by atoms with Gasteiger partial charge in [0.1, 0.15) is 5.75 Å². The number of carbonyl (C=O) groups excluding carboxylic acids is 1. The fourth-order valence-corrected chi connectivity index (χ4v) is 3.89. The summed E-state index contributed by atoms with van der Waals surface area (Å²) in [7, 11) is 0. The molecule has 0 fully saturated rings. The van der Waals surface area contributed by atoms with Crippen LogP contribution in [-0.4, -0.2) is 18.1 Å². The van der Waals surface area contributed by atoms with Crippen LogP contribution >= 0.6 is 11.6 Å². The van der Waals surface area contributed by atoms with Crippen LogP contribution < -0.4 is 10.1 Å². The predicted molar refractivity (Wildman–Crippen MR) is 121 cm³/mol. The summed E-state index contributed by atoms with van der Waals surface area (Å²) in [6, 6.07) is 12.3. The molecule has 1 N–H and O–H groups in total. The van der Waals surface area contributed by atoms with Gasteiger partial charge in [-0.25, -0.2) is 0 Å². The maximum atomic E-state index is 12.9. The van der Waals surface area contributed by atoms with Gasteiger partial charge in [0.2, 0.25) is 5.91 Å². The van der Waals surface area contributed by atoms with E-state index in [1.165, 1.54) is 11.1 Å². The molecule has 1 aliphatic carbocycles. The fourth-order valence-electron chi connectivity index (χ4n) is 3.78. The molecule has 29 heavy (non-hydrogen) atoms. The molecule has 1 amide bonds. The first-order chi connectivity index (χ1) is 13.7. The Morgan fingerprint density at radius 3 is 2.45 bits per heavy atom. The van der Waals surface area contributed by atoms with Gasteiger partial charge in [-0.1, -0.05) is 35.9 Å². The van der Waals surface area contributed by atoms with Gasteiger partial charge in [0, 0.05) is 22.6 Å². The first kappa shape index (κ1) is 21.4. The molecule has 0 aliphatic heterocycles. The van der Waals surface area contributed by atoms with Crippen molar-refractivity contribution in [1.82, 2.24) is 5.32 Å². The van der Waals surface area contributed by atoms with Crippen molar-refractivity contribution >= 4 is 23.1 Å². The molecule has 0 unspecified atom stereocenters. The highest BCUT2D eigenvalue weighted by molar-refractivity contribution is 6.32. The third-order valence-corrected chi connectivity index (χ3v) is 5.68. The van der Waals surface area contributed by atoms with E-state index in [0.717, 1.165) is 45.9 Å². The van der Waals surface area contributed by atoms with E-state index < -0.39 is 0 Å². The van der Waals surface area contributed by atoms with Gasteiger partial charge in [0.25, 0.3) is 0 Å². The average Bonchev–Trinajstić information content (AvgIpc) is 3.01. The summed E-state index contributed by atoms with van der Waals surface area (Å²) in [6.45, 7) is 10.6. The van der Waals surface area contributed by atoms with Crippen LogP contribution in [0.4, 0.5) is 0 Å². The van der Waals surface area contributed by atoms with E-state index in [-0.39, 0.29) is 11.4 Å². The highest BCUT2D eigenvalue weighted by Gasteiger charge is 2.27. The molecule has 1 aliphatic rings. The zero-order chi connectivity index (χ0) is 21.2. The van der Waals surface area contributed by atoms with Gasteiger partial charge >= 0.3 is 0 Å². The Labute approximate surface area is 179 Å². The molecule has 0 saturated heterocycles. The van der Waals surface area contributed by atoms with Gasteiger partial charge < -0.3 is 10.1 Å². The smallest absolute Gasteiger partial charge is 0.248 e. The lowest BCUT2D eigenvalue weighted by molar-refractivity contribution is -0.118. The maximum Gasteiger partial charge on any atom is 0.248 e. The van der Waals surface area contributed by atoms with Gasteiger partial charge in [0.05, 0.1) is 6.61 Å². The molecule has 0 aromatic heterocycles. The van der Waals surface area contributed by atoms with Crippen molar-refractivity contribution in [3.05, 3.63) is 69.2 Å². The van der Waals surface area contributed by atoms with Gasteiger partial charge in [-0.15, -0.1) is 0 Å². The van der Waals surface area contributed by atoms with Gasteiger partial charge in [-0.05, 0) is 87.4 Å². The molecule has 0 bridgehead atoms. The number of allylic oxidation sites excluding steroid dienone is 1. The molecule has 2 aromatic carbocycles. The molecule has 3 rings (SSSR count). The molecule has 154 valence electrons. The topological polar surface area (TPSA) is 38.3 Å². The van der Waals surface area contributed by atoms with E-state index in [1.54, 1.807) is 0 Å². The van der Waals surface area contributed by atoms with Crippen LogP contribution in [0.2, 0.25) is 5.02 Å². The fraction of sp³-hybridized carbons (Fsp3) is 0.400. The van der Waals surface area contributed by atoms with Crippen molar-refractivity contribution in [3.8, 4) is 5.75 Å². The number of nitrogens with one attached hydrogen (secondary N) is 1. The Morgan fingerprint density at radius 2 is 1.79 bits per heavy atom. The van der Waals surface area contributed by atoms with Gasteiger partial charge in [0.15, 0.2) is 0 Å². The monoisotopic (exact) mass is 411 g/mol. The molecule has 0 saturated carbocycles. The number of hydrogen-bond donors (Lipinski definition) is 1. The average molecular weight is 412 g/mol. The largest absolute Gasteiger partial charge is 0.494 e. The van der Waals surface area contributed by atoms with E-state index in [9.17, 15) is 4.79 Å². The lowest BCUT2D eigenvalue weighted by Gasteiger charge is -2.21. The number of fused-ring (bicyclic) bond motifs is 1. The Morgan fingerprint density at radius 1 is 1.14 bits per heavy atom. The van der Waals surface area contributed by atoms with E-state index in [0.29, 0.717) is 13.0 Å². The van der Waals surface area contributed by atoms with Gasteiger partial charge in [-0.2, -0.15) is 0 Å². The zero-order valence-corrected chi connectivity index (χ0v) is 18.7. The summed E-state index contributed by atoms with van der Waals surface area (Å²) in [5, 5.41) is 3.91. The SMILES string of the molecule is Cc1cc(OCCCC2=C(C(=O)NC(C)(C)C)Cc3ccccc32)cc(C)c1Cl. The zero-order valence-electron chi connectivity index (χ0n) is 18.0. The van der Waals surface area contributed by atoms with E-state index in [1.807, 2.05) is 58.9 Å². The molecule has 3 nitrogen and oxygen atoms in total. The number of carbonyl (C=O) groups is 1. The summed E-state index contributed by atoms with van der Waals surface area (Å²) in [5.41, 5.74) is 6.26. The van der Waals surface area contributed by atoms with Crippen LogP contribution in [0.5, 0.6) is 5.75 Å². The number of benzene rings is 2. The van der Waals surface area contributed by atoms with E-state index >= 15 is 0 Å². The molecular weight excluding hydrogens is 382 g/mol. The first-order valence-electron chi connectivity index (χ1n) is 10.2. The van der Waals surface area contributed by atoms with Crippen LogP contribution in [0.25, 0.3) is 5.57 Å². The minimum absolute atomic E-state index is 0.0357. The number of ether oxygens (including phenoxy) is 1. The molecule has 0 radical (unpaired) electrons. The van der Waals surface area contributed by atoms with Crippen LogP contribution in [-0.2, 0) is 11.2 Å². The van der Waals surface area contributed by atoms with Crippen LogP contribution in [0, 0.1) is 13.8 Å². The van der Waals surface area contributed by atoms with Crippen molar-refractivity contribution in [1.29, 1.82) is 0 Å². The second-order valence-corrected chi connectivity index (χ2v) is 9.20. The van der Waals surface area contributed by atoms with E-state index in [2.05, 4.69) is 17.4 Å². The lowest BCUT2D eigenvalue weighted by atomic mass is 10.00. The van der Waals surface area contributed by atoms with Crippen molar-refractivity contribution in [2.24, 2.45) is 0 Å². The molecule has 2 aromatic rings. The Bertz CT molecular complexity index is 931. The van der Waals surface area contributed by atoms with Crippen molar-refractivity contribution in [3.63, 3.8) is 0 Å². The van der Waals surface area contributed by atoms with Crippen molar-refractivity contribution in [2.75, 3.05) is 6.61 Å². The highest BCUT2D eigenvalue weighted by Crippen LogP contribution is 2.36. The highest BCUT2D eigenvalue weighted by atomic mass is 35.5. The Kier molecular flexibility index (Phi) is 6.38. The predicted octanol–water partition coefficient (Wildman–Crippen LogP) is 6.04. The second kappa shape index (κ2) is 8.62.